The first-order valence-electron chi connectivity index (χ1n) is 8.31. The molecule has 4 nitrogen and oxygen atoms in total. The number of aliphatic hydroxyl groups is 1. The van der Waals surface area contributed by atoms with Crippen molar-refractivity contribution in [3.63, 3.8) is 0 Å². The van der Waals surface area contributed by atoms with Crippen LogP contribution in [0.1, 0.15) is 19.4 Å². The van der Waals surface area contributed by atoms with Crippen LogP contribution in [-0.4, -0.2) is 42.4 Å². The lowest BCUT2D eigenvalue weighted by atomic mass is 10.1. The van der Waals surface area contributed by atoms with Gasteiger partial charge in [0.15, 0.2) is 0 Å². The summed E-state index contributed by atoms with van der Waals surface area (Å²) in [5.41, 5.74) is 1.17. The summed E-state index contributed by atoms with van der Waals surface area (Å²) in [5.74, 6) is 1.63. The van der Waals surface area contributed by atoms with E-state index in [1.165, 1.54) is 5.56 Å². The van der Waals surface area contributed by atoms with Crippen LogP contribution < -0.4 is 9.47 Å². The molecule has 0 amide bonds. The average Bonchev–Trinajstić information content (AvgIpc) is 2.60. The Morgan fingerprint density at radius 3 is 2.38 bits per heavy atom. The third-order valence-electron chi connectivity index (χ3n) is 3.88. The minimum atomic E-state index is -0.543. The standard InChI is InChI=1S/C20H27NO3/c1-16(2)21(13-17-8-7-11-20(12-17)23-3)14-18(22)15-24-19-9-5-4-6-10-19/h4-12,16,18,22H,13-15H2,1-3H3/t18-/m1/s1. The summed E-state index contributed by atoms with van der Waals surface area (Å²) in [4.78, 5) is 2.23. The van der Waals surface area contributed by atoms with Crippen molar-refractivity contribution in [1.29, 1.82) is 0 Å². The van der Waals surface area contributed by atoms with Crippen LogP contribution in [0.2, 0.25) is 0 Å². The number of ether oxygens (including phenoxy) is 2. The minimum Gasteiger partial charge on any atom is -0.497 e. The van der Waals surface area contributed by atoms with Gasteiger partial charge < -0.3 is 14.6 Å². The molecular weight excluding hydrogens is 302 g/mol. The third-order valence-corrected chi connectivity index (χ3v) is 3.88. The van der Waals surface area contributed by atoms with E-state index in [1.807, 2.05) is 48.5 Å². The molecule has 24 heavy (non-hydrogen) atoms. The molecule has 0 aromatic heterocycles. The van der Waals surface area contributed by atoms with Crippen molar-refractivity contribution < 1.29 is 14.6 Å². The molecule has 2 aromatic carbocycles. The summed E-state index contributed by atoms with van der Waals surface area (Å²) >= 11 is 0. The van der Waals surface area contributed by atoms with Crippen LogP contribution in [0.25, 0.3) is 0 Å². The molecule has 0 bridgehead atoms. The van der Waals surface area contributed by atoms with Gasteiger partial charge in [-0.3, -0.25) is 4.90 Å². The summed E-state index contributed by atoms with van der Waals surface area (Å²) in [5, 5.41) is 10.3. The SMILES string of the molecule is COc1cccc(CN(C[C@@H](O)COc2ccccc2)C(C)C)c1. The summed E-state index contributed by atoms with van der Waals surface area (Å²) in [7, 11) is 1.67. The van der Waals surface area contributed by atoms with Gasteiger partial charge in [0.05, 0.1) is 7.11 Å². The predicted molar refractivity (Wildman–Crippen MR) is 96.5 cm³/mol. The van der Waals surface area contributed by atoms with Gasteiger partial charge in [0, 0.05) is 19.1 Å². The molecule has 0 unspecified atom stereocenters. The normalized spacial score (nSPS) is 12.4. The van der Waals surface area contributed by atoms with E-state index in [2.05, 4.69) is 24.8 Å². The highest BCUT2D eigenvalue weighted by Gasteiger charge is 2.16. The van der Waals surface area contributed by atoms with Gasteiger partial charge in [0.2, 0.25) is 0 Å². The molecule has 0 fully saturated rings. The molecule has 0 aliphatic heterocycles. The Labute approximate surface area is 144 Å². The largest absolute Gasteiger partial charge is 0.497 e. The van der Waals surface area contributed by atoms with Crippen molar-refractivity contribution in [2.45, 2.75) is 32.5 Å². The van der Waals surface area contributed by atoms with E-state index in [9.17, 15) is 5.11 Å². The number of para-hydroxylation sites is 1. The van der Waals surface area contributed by atoms with Crippen LogP contribution in [-0.2, 0) is 6.54 Å². The molecule has 2 aromatic rings. The Morgan fingerprint density at radius 1 is 1.00 bits per heavy atom. The Balaban J connectivity index is 1.90. The lowest BCUT2D eigenvalue weighted by Gasteiger charge is -2.29. The van der Waals surface area contributed by atoms with Crippen LogP contribution >= 0.6 is 0 Å². The summed E-state index contributed by atoms with van der Waals surface area (Å²) in [6.07, 6.45) is -0.543. The summed E-state index contributed by atoms with van der Waals surface area (Å²) in [6.45, 7) is 5.86. The van der Waals surface area contributed by atoms with Crippen LogP contribution in [0.4, 0.5) is 0 Å². The monoisotopic (exact) mass is 329 g/mol. The van der Waals surface area contributed by atoms with Crippen LogP contribution in [0, 0.1) is 0 Å². The zero-order chi connectivity index (χ0) is 17.4. The van der Waals surface area contributed by atoms with E-state index in [0.717, 1.165) is 18.0 Å². The number of benzene rings is 2. The van der Waals surface area contributed by atoms with Crippen molar-refractivity contribution in [2.24, 2.45) is 0 Å². The van der Waals surface area contributed by atoms with E-state index < -0.39 is 6.10 Å². The molecule has 0 saturated carbocycles. The van der Waals surface area contributed by atoms with Gasteiger partial charge in [0.1, 0.15) is 24.2 Å². The fourth-order valence-corrected chi connectivity index (χ4v) is 2.50. The molecule has 0 aliphatic rings. The van der Waals surface area contributed by atoms with Gasteiger partial charge in [-0.2, -0.15) is 0 Å². The molecule has 1 atom stereocenters. The van der Waals surface area contributed by atoms with Gasteiger partial charge in [-0.15, -0.1) is 0 Å². The molecule has 0 saturated heterocycles. The first kappa shape index (κ1) is 18.3. The van der Waals surface area contributed by atoms with Crippen molar-refractivity contribution in [1.82, 2.24) is 4.90 Å². The predicted octanol–water partition coefficient (Wildman–Crippen LogP) is 3.35. The van der Waals surface area contributed by atoms with Crippen molar-refractivity contribution >= 4 is 0 Å². The molecule has 0 heterocycles. The maximum absolute atomic E-state index is 10.3. The Bertz CT molecular complexity index is 601. The maximum Gasteiger partial charge on any atom is 0.119 e. The van der Waals surface area contributed by atoms with Gasteiger partial charge in [0.25, 0.3) is 0 Å². The zero-order valence-electron chi connectivity index (χ0n) is 14.7. The number of hydrogen-bond acceptors (Lipinski definition) is 4. The van der Waals surface area contributed by atoms with E-state index in [4.69, 9.17) is 9.47 Å². The fraction of sp³-hybridized carbons (Fsp3) is 0.400. The van der Waals surface area contributed by atoms with Crippen LogP contribution in [0.15, 0.2) is 54.6 Å². The van der Waals surface area contributed by atoms with Crippen molar-refractivity contribution in [2.75, 3.05) is 20.3 Å². The number of rotatable bonds is 9. The molecule has 2 rings (SSSR count). The Kier molecular flexibility index (Phi) is 7.09. The van der Waals surface area contributed by atoms with Crippen molar-refractivity contribution in [3.05, 3.63) is 60.2 Å². The van der Waals surface area contributed by atoms with Gasteiger partial charge >= 0.3 is 0 Å². The highest BCUT2D eigenvalue weighted by Crippen LogP contribution is 2.16. The Morgan fingerprint density at radius 2 is 1.71 bits per heavy atom. The molecular formula is C20H27NO3. The van der Waals surface area contributed by atoms with Gasteiger partial charge in [-0.1, -0.05) is 30.3 Å². The lowest BCUT2D eigenvalue weighted by molar-refractivity contribution is 0.0543. The second-order valence-electron chi connectivity index (χ2n) is 6.15. The quantitative estimate of drug-likeness (QED) is 0.766. The molecule has 4 heteroatoms. The number of methoxy groups -OCH3 is 1. The van der Waals surface area contributed by atoms with Gasteiger partial charge in [-0.05, 0) is 43.7 Å². The third kappa shape index (κ3) is 5.87. The zero-order valence-corrected chi connectivity index (χ0v) is 14.7. The average molecular weight is 329 g/mol. The summed E-state index contributed by atoms with van der Waals surface area (Å²) in [6, 6.07) is 17.9. The van der Waals surface area contributed by atoms with E-state index >= 15 is 0 Å². The Hall–Kier alpha value is -2.04. The first-order chi connectivity index (χ1) is 11.6. The molecule has 0 spiro atoms. The second kappa shape index (κ2) is 9.30. The molecule has 0 radical (unpaired) electrons. The van der Waals surface area contributed by atoms with Crippen LogP contribution in [0.3, 0.4) is 0 Å². The lowest BCUT2D eigenvalue weighted by Crippen LogP contribution is -2.39. The molecule has 1 N–H and O–H groups in total. The van der Waals surface area contributed by atoms with E-state index in [0.29, 0.717) is 12.6 Å². The maximum atomic E-state index is 10.3. The number of nitrogens with zero attached hydrogens (tertiary/aromatic N) is 1. The summed E-state index contributed by atoms with van der Waals surface area (Å²) < 4.78 is 10.9. The van der Waals surface area contributed by atoms with Crippen LogP contribution in [0.5, 0.6) is 11.5 Å². The number of aliphatic hydroxyl groups excluding tert-OH is 1. The topological polar surface area (TPSA) is 41.9 Å². The fourth-order valence-electron chi connectivity index (χ4n) is 2.50. The van der Waals surface area contributed by atoms with E-state index in [1.54, 1.807) is 7.11 Å². The second-order valence-corrected chi connectivity index (χ2v) is 6.15. The first-order valence-corrected chi connectivity index (χ1v) is 8.31. The highest BCUT2D eigenvalue weighted by atomic mass is 16.5. The minimum absolute atomic E-state index is 0.283. The smallest absolute Gasteiger partial charge is 0.119 e. The number of hydrogen-bond donors (Lipinski definition) is 1. The van der Waals surface area contributed by atoms with Crippen molar-refractivity contribution in [3.8, 4) is 11.5 Å². The molecule has 0 aliphatic carbocycles. The highest BCUT2D eigenvalue weighted by molar-refractivity contribution is 5.28. The molecule has 130 valence electrons. The van der Waals surface area contributed by atoms with E-state index in [-0.39, 0.29) is 6.61 Å². The van der Waals surface area contributed by atoms with Gasteiger partial charge in [-0.25, -0.2) is 0 Å².